The molecule has 1 aromatic heterocycles. The lowest BCUT2D eigenvalue weighted by Gasteiger charge is -2.08. The zero-order chi connectivity index (χ0) is 17.0. The minimum atomic E-state index is -0.609. The maximum atomic E-state index is 12.2. The van der Waals surface area contributed by atoms with E-state index >= 15 is 0 Å². The van der Waals surface area contributed by atoms with Crippen LogP contribution in [0.15, 0.2) is 36.5 Å². The van der Waals surface area contributed by atoms with Crippen LogP contribution in [0.2, 0.25) is 0 Å². The van der Waals surface area contributed by atoms with Crippen LogP contribution >= 0.6 is 0 Å². The third-order valence-electron chi connectivity index (χ3n) is 3.12. The van der Waals surface area contributed by atoms with Crippen molar-refractivity contribution in [3.63, 3.8) is 0 Å². The maximum Gasteiger partial charge on any atom is 0.288 e. The number of benzene rings is 1. The number of rotatable bonds is 5. The van der Waals surface area contributed by atoms with Crippen molar-refractivity contribution in [3.8, 4) is 0 Å². The predicted molar refractivity (Wildman–Crippen MR) is 82.9 cm³/mol. The molecule has 0 saturated carbocycles. The molecule has 0 fully saturated rings. The number of carbonyl (C=O) groups excluding carboxylic acids is 2. The average Bonchev–Trinajstić information content (AvgIpc) is 2.48. The van der Waals surface area contributed by atoms with Gasteiger partial charge in [-0.1, -0.05) is 12.1 Å². The summed E-state index contributed by atoms with van der Waals surface area (Å²) in [7, 11) is 0. The highest BCUT2D eigenvalue weighted by atomic mass is 16.6. The first-order valence-corrected chi connectivity index (χ1v) is 6.66. The van der Waals surface area contributed by atoms with Gasteiger partial charge in [0.25, 0.3) is 11.6 Å². The summed E-state index contributed by atoms with van der Waals surface area (Å²) in [5.41, 5.74) is 6.58. The molecule has 2 amide bonds. The van der Waals surface area contributed by atoms with Gasteiger partial charge in [0, 0.05) is 11.8 Å². The molecule has 0 spiro atoms. The van der Waals surface area contributed by atoms with E-state index in [0.717, 1.165) is 11.8 Å². The molecule has 1 heterocycles. The summed E-state index contributed by atoms with van der Waals surface area (Å²) in [5.74, 6) is -0.943. The number of anilines is 1. The van der Waals surface area contributed by atoms with E-state index in [0.29, 0.717) is 11.4 Å². The topological polar surface area (TPSA) is 128 Å². The summed E-state index contributed by atoms with van der Waals surface area (Å²) in [6, 6.07) is 7.75. The Balaban J connectivity index is 2.17. The second-order valence-corrected chi connectivity index (χ2v) is 4.88. The number of primary amides is 1. The van der Waals surface area contributed by atoms with Crippen LogP contribution in [-0.4, -0.2) is 21.7 Å². The number of nitro groups is 1. The Bertz CT molecular complexity index is 772. The maximum absolute atomic E-state index is 12.2. The average molecular weight is 314 g/mol. The highest BCUT2D eigenvalue weighted by Crippen LogP contribution is 2.17. The Kier molecular flexibility index (Phi) is 4.65. The fourth-order valence-corrected chi connectivity index (χ4v) is 1.96. The molecule has 3 N–H and O–H groups in total. The van der Waals surface area contributed by atoms with Gasteiger partial charge in [-0.25, -0.2) is 0 Å². The summed E-state index contributed by atoms with van der Waals surface area (Å²) < 4.78 is 0. The molecule has 0 radical (unpaired) electrons. The van der Waals surface area contributed by atoms with Crippen LogP contribution in [-0.2, 0) is 11.2 Å². The standard InChI is InChI=1S/C15H14N4O4/c1-9-13(7-12(8-17-9)19(22)23)15(21)18-11-4-2-10(3-5-11)6-14(16)20/h2-5,7-8H,6H2,1H3,(H2,16,20)(H,18,21). The van der Waals surface area contributed by atoms with Crippen molar-refractivity contribution in [2.45, 2.75) is 13.3 Å². The van der Waals surface area contributed by atoms with E-state index in [9.17, 15) is 19.7 Å². The van der Waals surface area contributed by atoms with Gasteiger partial charge < -0.3 is 11.1 Å². The summed E-state index contributed by atoms with van der Waals surface area (Å²) in [6.07, 6.45) is 1.22. The van der Waals surface area contributed by atoms with Crippen molar-refractivity contribution >= 4 is 23.2 Å². The number of carbonyl (C=O) groups is 2. The van der Waals surface area contributed by atoms with E-state index in [-0.39, 0.29) is 17.7 Å². The van der Waals surface area contributed by atoms with Gasteiger partial charge in [-0.15, -0.1) is 0 Å². The number of hydrogen-bond acceptors (Lipinski definition) is 5. The minimum absolute atomic E-state index is 0.113. The molecule has 0 aliphatic heterocycles. The third-order valence-corrected chi connectivity index (χ3v) is 3.12. The van der Waals surface area contributed by atoms with Crippen molar-refractivity contribution in [1.29, 1.82) is 0 Å². The first-order valence-electron chi connectivity index (χ1n) is 6.66. The molecule has 118 valence electrons. The lowest BCUT2D eigenvalue weighted by atomic mass is 10.1. The largest absolute Gasteiger partial charge is 0.369 e. The second-order valence-electron chi connectivity index (χ2n) is 4.88. The third kappa shape index (κ3) is 4.10. The van der Waals surface area contributed by atoms with Gasteiger partial charge >= 0.3 is 0 Å². The van der Waals surface area contributed by atoms with Crippen molar-refractivity contribution in [3.05, 3.63) is 63.5 Å². The molecule has 0 aliphatic carbocycles. The number of nitrogens with one attached hydrogen (secondary N) is 1. The van der Waals surface area contributed by atoms with Crippen LogP contribution in [0.1, 0.15) is 21.6 Å². The molecule has 0 aliphatic rings. The van der Waals surface area contributed by atoms with Gasteiger partial charge in [0.1, 0.15) is 6.20 Å². The van der Waals surface area contributed by atoms with E-state index in [4.69, 9.17) is 5.73 Å². The van der Waals surface area contributed by atoms with Gasteiger partial charge in [0.2, 0.25) is 5.91 Å². The van der Waals surface area contributed by atoms with Gasteiger partial charge in [-0.05, 0) is 24.6 Å². The van der Waals surface area contributed by atoms with E-state index in [1.165, 1.54) is 6.07 Å². The highest BCUT2D eigenvalue weighted by Gasteiger charge is 2.16. The molecule has 2 aromatic rings. The Hall–Kier alpha value is -3.29. The van der Waals surface area contributed by atoms with E-state index in [1.807, 2.05) is 0 Å². The Morgan fingerprint density at radius 1 is 1.30 bits per heavy atom. The quantitative estimate of drug-likeness (QED) is 0.639. The summed E-state index contributed by atoms with van der Waals surface area (Å²) in [4.78, 5) is 37.1. The summed E-state index contributed by atoms with van der Waals surface area (Å²) >= 11 is 0. The van der Waals surface area contributed by atoms with Crippen LogP contribution in [0.4, 0.5) is 11.4 Å². The molecular formula is C15H14N4O4. The van der Waals surface area contributed by atoms with Crippen molar-refractivity contribution in [2.24, 2.45) is 5.73 Å². The van der Waals surface area contributed by atoms with Gasteiger partial charge in [-0.3, -0.25) is 24.7 Å². The number of aromatic nitrogens is 1. The van der Waals surface area contributed by atoms with E-state index in [2.05, 4.69) is 10.3 Å². The number of pyridine rings is 1. The van der Waals surface area contributed by atoms with E-state index in [1.54, 1.807) is 31.2 Å². The molecule has 0 bridgehead atoms. The monoisotopic (exact) mass is 314 g/mol. The Labute approximate surface area is 131 Å². The molecule has 2 rings (SSSR count). The first kappa shape index (κ1) is 16.1. The lowest BCUT2D eigenvalue weighted by Crippen LogP contribution is -2.15. The molecule has 23 heavy (non-hydrogen) atoms. The van der Waals surface area contributed by atoms with Crippen LogP contribution < -0.4 is 11.1 Å². The smallest absolute Gasteiger partial charge is 0.288 e. The van der Waals surface area contributed by atoms with Gasteiger partial charge in [0.15, 0.2) is 0 Å². The fourth-order valence-electron chi connectivity index (χ4n) is 1.96. The van der Waals surface area contributed by atoms with Crippen molar-refractivity contribution < 1.29 is 14.5 Å². The van der Waals surface area contributed by atoms with E-state index < -0.39 is 16.7 Å². The lowest BCUT2D eigenvalue weighted by molar-refractivity contribution is -0.385. The number of amides is 2. The van der Waals surface area contributed by atoms with Gasteiger partial charge in [0.05, 0.1) is 22.6 Å². The van der Waals surface area contributed by atoms with Crippen LogP contribution in [0, 0.1) is 17.0 Å². The normalized spacial score (nSPS) is 10.1. The Morgan fingerprint density at radius 3 is 2.52 bits per heavy atom. The zero-order valence-corrected chi connectivity index (χ0v) is 12.3. The molecule has 8 nitrogen and oxygen atoms in total. The molecule has 0 saturated heterocycles. The SMILES string of the molecule is Cc1ncc([N+](=O)[O-])cc1C(=O)Nc1ccc(CC(N)=O)cc1. The molecule has 8 heteroatoms. The zero-order valence-electron chi connectivity index (χ0n) is 12.3. The van der Waals surface area contributed by atoms with Crippen LogP contribution in [0.25, 0.3) is 0 Å². The minimum Gasteiger partial charge on any atom is -0.369 e. The first-order chi connectivity index (χ1) is 10.9. The Morgan fingerprint density at radius 2 is 1.96 bits per heavy atom. The molecule has 0 unspecified atom stereocenters. The number of aryl methyl sites for hydroxylation is 1. The number of nitrogens with zero attached hydrogens (tertiary/aromatic N) is 2. The molecular weight excluding hydrogens is 300 g/mol. The fraction of sp³-hybridized carbons (Fsp3) is 0.133. The van der Waals surface area contributed by atoms with Crippen LogP contribution in [0.5, 0.6) is 0 Å². The number of hydrogen-bond donors (Lipinski definition) is 2. The van der Waals surface area contributed by atoms with Crippen molar-refractivity contribution in [2.75, 3.05) is 5.32 Å². The predicted octanol–water partition coefficient (Wildman–Crippen LogP) is 1.58. The van der Waals surface area contributed by atoms with Gasteiger partial charge in [-0.2, -0.15) is 0 Å². The summed E-state index contributed by atoms with van der Waals surface area (Å²) in [6.45, 7) is 1.59. The van der Waals surface area contributed by atoms with Crippen molar-refractivity contribution in [1.82, 2.24) is 4.98 Å². The van der Waals surface area contributed by atoms with Crippen LogP contribution in [0.3, 0.4) is 0 Å². The summed E-state index contributed by atoms with van der Waals surface area (Å²) in [5, 5.41) is 13.4. The molecule has 1 aromatic carbocycles. The highest BCUT2D eigenvalue weighted by molar-refractivity contribution is 6.05. The number of nitrogens with two attached hydrogens (primary N) is 1. The molecule has 0 atom stereocenters. The second kappa shape index (κ2) is 6.65.